The molecule has 0 spiro atoms. The molecule has 3 rings (SSSR count). The number of nitrogens with zero attached hydrogens (tertiary/aromatic N) is 2. The van der Waals surface area contributed by atoms with E-state index in [2.05, 4.69) is 10.2 Å². The molecule has 1 fully saturated rings. The largest absolute Gasteiger partial charge is 0.281 e. The second-order valence-corrected chi connectivity index (χ2v) is 4.70. The molecule has 2 aromatic rings. The van der Waals surface area contributed by atoms with Gasteiger partial charge in [0, 0.05) is 6.54 Å². The number of hydroxylamine groups is 2. The van der Waals surface area contributed by atoms with E-state index in [1.807, 2.05) is 0 Å². The van der Waals surface area contributed by atoms with Crippen LogP contribution in [0, 0.1) is 11.6 Å². The van der Waals surface area contributed by atoms with Crippen LogP contribution in [0.25, 0.3) is 11.3 Å². The Morgan fingerprint density at radius 3 is 2.71 bits per heavy atom. The zero-order valence-electron chi connectivity index (χ0n) is 11.1. The summed E-state index contributed by atoms with van der Waals surface area (Å²) in [7, 11) is 0. The first-order valence-electron chi connectivity index (χ1n) is 6.61. The van der Waals surface area contributed by atoms with Gasteiger partial charge in [-0.3, -0.25) is 14.7 Å². The third-order valence-corrected chi connectivity index (χ3v) is 3.31. The monoisotopic (exact) mass is 293 g/mol. The number of hydrogen-bond acceptors (Lipinski definition) is 3. The molecule has 2 heterocycles. The van der Waals surface area contributed by atoms with E-state index >= 15 is 0 Å². The number of hydrogen-bond donors (Lipinski definition) is 1. The number of H-pyrrole nitrogens is 1. The van der Waals surface area contributed by atoms with Crippen LogP contribution in [0.2, 0.25) is 0 Å². The Balaban J connectivity index is 1.99. The van der Waals surface area contributed by atoms with Crippen molar-refractivity contribution in [2.24, 2.45) is 0 Å². The van der Waals surface area contributed by atoms with Crippen LogP contribution in [0.1, 0.15) is 23.2 Å². The molecule has 1 aromatic carbocycles. The molecule has 0 unspecified atom stereocenters. The zero-order valence-corrected chi connectivity index (χ0v) is 11.1. The second-order valence-electron chi connectivity index (χ2n) is 4.70. The number of halogens is 2. The fourth-order valence-electron chi connectivity index (χ4n) is 2.27. The summed E-state index contributed by atoms with van der Waals surface area (Å²) in [4.78, 5) is 17.6. The van der Waals surface area contributed by atoms with E-state index in [0.29, 0.717) is 13.2 Å². The number of aromatic nitrogens is 2. The molecule has 1 aromatic heterocycles. The van der Waals surface area contributed by atoms with E-state index in [1.165, 1.54) is 17.3 Å². The molecule has 0 aliphatic carbocycles. The molecule has 0 radical (unpaired) electrons. The van der Waals surface area contributed by atoms with Gasteiger partial charge in [-0.25, -0.2) is 13.8 Å². The SMILES string of the molecule is O=C(c1cn[nH]c1-c1c(F)cccc1F)N1CCCCO1. The first kappa shape index (κ1) is 13.7. The topological polar surface area (TPSA) is 58.2 Å². The molecule has 0 atom stereocenters. The lowest BCUT2D eigenvalue weighted by Gasteiger charge is -2.25. The van der Waals surface area contributed by atoms with Crippen molar-refractivity contribution in [2.75, 3.05) is 13.2 Å². The summed E-state index contributed by atoms with van der Waals surface area (Å²) in [5.74, 6) is -1.97. The van der Waals surface area contributed by atoms with Crippen molar-refractivity contribution in [3.8, 4) is 11.3 Å². The van der Waals surface area contributed by atoms with Gasteiger partial charge in [0.2, 0.25) is 0 Å². The lowest BCUT2D eigenvalue weighted by Crippen LogP contribution is -2.35. The maximum absolute atomic E-state index is 13.9. The number of nitrogens with one attached hydrogen (secondary N) is 1. The standard InChI is InChI=1S/C14H13F2N3O2/c15-10-4-3-5-11(16)12(10)13-9(8-17-18-13)14(20)19-6-1-2-7-21-19/h3-5,8H,1-2,6-7H2,(H,17,18). The zero-order chi connectivity index (χ0) is 14.8. The molecule has 0 saturated carbocycles. The maximum atomic E-state index is 13.9. The van der Waals surface area contributed by atoms with Gasteiger partial charge >= 0.3 is 0 Å². The van der Waals surface area contributed by atoms with Crippen molar-refractivity contribution in [1.82, 2.24) is 15.3 Å². The summed E-state index contributed by atoms with van der Waals surface area (Å²) >= 11 is 0. The Morgan fingerprint density at radius 2 is 2.05 bits per heavy atom. The first-order valence-corrected chi connectivity index (χ1v) is 6.61. The predicted octanol–water partition coefficient (Wildman–Crippen LogP) is 2.52. The Bertz CT molecular complexity index is 646. The Morgan fingerprint density at radius 1 is 1.29 bits per heavy atom. The maximum Gasteiger partial charge on any atom is 0.281 e. The summed E-state index contributed by atoms with van der Waals surface area (Å²) in [6.07, 6.45) is 2.96. The van der Waals surface area contributed by atoms with Crippen LogP contribution in [-0.2, 0) is 4.84 Å². The number of carbonyl (C=O) groups is 1. The quantitative estimate of drug-likeness (QED) is 0.925. The summed E-state index contributed by atoms with van der Waals surface area (Å²) in [5, 5.41) is 7.43. The number of amides is 1. The van der Waals surface area contributed by atoms with Crippen molar-refractivity contribution in [3.05, 3.63) is 41.6 Å². The highest BCUT2D eigenvalue weighted by molar-refractivity contribution is 5.99. The van der Waals surface area contributed by atoms with Crippen LogP contribution in [0.5, 0.6) is 0 Å². The minimum atomic E-state index is -0.757. The molecule has 1 saturated heterocycles. The van der Waals surface area contributed by atoms with Gasteiger partial charge in [-0.05, 0) is 25.0 Å². The van der Waals surface area contributed by atoms with Gasteiger partial charge in [0.05, 0.1) is 29.6 Å². The van der Waals surface area contributed by atoms with E-state index in [-0.39, 0.29) is 16.8 Å². The predicted molar refractivity (Wildman–Crippen MR) is 70.2 cm³/mol. The minimum absolute atomic E-state index is 0.0183. The molecule has 5 nitrogen and oxygen atoms in total. The third-order valence-electron chi connectivity index (χ3n) is 3.31. The van der Waals surface area contributed by atoms with Crippen LogP contribution in [0.4, 0.5) is 8.78 Å². The fraction of sp³-hybridized carbons (Fsp3) is 0.286. The summed E-state index contributed by atoms with van der Waals surface area (Å²) in [6, 6.07) is 3.52. The van der Waals surface area contributed by atoms with Crippen molar-refractivity contribution >= 4 is 5.91 Å². The highest BCUT2D eigenvalue weighted by Crippen LogP contribution is 2.28. The molecular formula is C14H13F2N3O2. The molecule has 1 amide bonds. The highest BCUT2D eigenvalue weighted by Gasteiger charge is 2.26. The van der Waals surface area contributed by atoms with Gasteiger partial charge in [0.15, 0.2) is 0 Å². The molecule has 1 aliphatic rings. The molecule has 0 bridgehead atoms. The van der Waals surface area contributed by atoms with Crippen LogP contribution in [-0.4, -0.2) is 34.3 Å². The third kappa shape index (κ3) is 2.52. The number of benzene rings is 1. The second kappa shape index (κ2) is 5.61. The molecular weight excluding hydrogens is 280 g/mol. The van der Waals surface area contributed by atoms with Crippen molar-refractivity contribution in [1.29, 1.82) is 0 Å². The summed E-state index contributed by atoms with van der Waals surface area (Å²) in [5.41, 5.74) is -0.193. The number of carbonyl (C=O) groups excluding carboxylic acids is 1. The van der Waals surface area contributed by atoms with Crippen LogP contribution in [0.15, 0.2) is 24.4 Å². The average Bonchev–Trinajstić information content (AvgIpc) is 2.96. The average molecular weight is 293 g/mol. The Hall–Kier alpha value is -2.28. The molecule has 1 aliphatic heterocycles. The lowest BCUT2D eigenvalue weighted by molar-refractivity contribution is -0.144. The summed E-state index contributed by atoms with van der Waals surface area (Å²) < 4.78 is 27.7. The van der Waals surface area contributed by atoms with Crippen molar-refractivity contribution < 1.29 is 18.4 Å². The van der Waals surface area contributed by atoms with Gasteiger partial charge in [0.25, 0.3) is 5.91 Å². The van der Waals surface area contributed by atoms with Crippen molar-refractivity contribution in [3.63, 3.8) is 0 Å². The van der Waals surface area contributed by atoms with E-state index in [4.69, 9.17) is 4.84 Å². The molecule has 1 N–H and O–H groups in total. The number of rotatable bonds is 2. The van der Waals surface area contributed by atoms with Gasteiger partial charge in [-0.1, -0.05) is 6.07 Å². The van der Waals surface area contributed by atoms with Crippen LogP contribution in [0.3, 0.4) is 0 Å². The lowest BCUT2D eigenvalue weighted by atomic mass is 10.1. The number of aromatic amines is 1. The van der Waals surface area contributed by atoms with Crippen LogP contribution >= 0.6 is 0 Å². The summed E-state index contributed by atoms with van der Waals surface area (Å²) in [6.45, 7) is 0.899. The van der Waals surface area contributed by atoms with Gasteiger partial charge in [-0.2, -0.15) is 5.10 Å². The van der Waals surface area contributed by atoms with Crippen LogP contribution < -0.4 is 0 Å². The fourth-order valence-corrected chi connectivity index (χ4v) is 2.27. The van der Waals surface area contributed by atoms with E-state index < -0.39 is 17.5 Å². The van der Waals surface area contributed by atoms with Gasteiger partial charge in [0.1, 0.15) is 11.6 Å². The Kier molecular flexibility index (Phi) is 3.66. The molecule has 110 valence electrons. The highest BCUT2D eigenvalue weighted by atomic mass is 19.1. The molecule has 21 heavy (non-hydrogen) atoms. The minimum Gasteiger partial charge on any atom is -0.277 e. The van der Waals surface area contributed by atoms with E-state index in [1.54, 1.807) is 0 Å². The van der Waals surface area contributed by atoms with Gasteiger partial charge in [-0.15, -0.1) is 0 Å². The normalized spacial score (nSPS) is 15.2. The Labute approximate surface area is 119 Å². The first-order chi connectivity index (χ1) is 10.2. The van der Waals surface area contributed by atoms with Crippen molar-refractivity contribution in [2.45, 2.75) is 12.8 Å². The van der Waals surface area contributed by atoms with E-state index in [0.717, 1.165) is 25.0 Å². The molecule has 7 heteroatoms. The van der Waals surface area contributed by atoms with Gasteiger partial charge < -0.3 is 0 Å². The van der Waals surface area contributed by atoms with E-state index in [9.17, 15) is 13.6 Å². The smallest absolute Gasteiger partial charge is 0.277 e.